The second-order valence-corrected chi connectivity index (χ2v) is 5.86. The zero-order chi connectivity index (χ0) is 14.6. The summed E-state index contributed by atoms with van der Waals surface area (Å²) in [6.45, 7) is 0.265. The topological polar surface area (TPSA) is 102 Å². The molecule has 0 radical (unpaired) electrons. The van der Waals surface area contributed by atoms with E-state index >= 15 is 0 Å². The van der Waals surface area contributed by atoms with Gasteiger partial charge in [-0.3, -0.25) is 0 Å². The fraction of sp³-hybridized carbons (Fsp3) is 0.364. The van der Waals surface area contributed by atoms with E-state index in [1.54, 1.807) is 13.2 Å². The van der Waals surface area contributed by atoms with Crippen LogP contribution < -0.4 is 10.0 Å². The lowest BCUT2D eigenvalue weighted by molar-refractivity contribution is 0.579. The van der Waals surface area contributed by atoms with E-state index < -0.39 is 10.0 Å². The Labute approximate surface area is 117 Å². The Morgan fingerprint density at radius 2 is 1.95 bits per heavy atom. The molecular formula is C11H16N6O2S. The van der Waals surface area contributed by atoms with Crippen molar-refractivity contribution >= 4 is 16.0 Å². The molecule has 0 aromatic carbocycles. The lowest BCUT2D eigenvalue weighted by Gasteiger charge is -2.06. The van der Waals surface area contributed by atoms with Crippen molar-refractivity contribution < 1.29 is 8.42 Å². The van der Waals surface area contributed by atoms with Crippen LogP contribution in [0.25, 0.3) is 0 Å². The van der Waals surface area contributed by atoms with Crippen molar-refractivity contribution in [2.45, 2.75) is 11.3 Å². The molecule has 0 spiro atoms. The average molecular weight is 296 g/mol. The van der Waals surface area contributed by atoms with Gasteiger partial charge in [-0.2, -0.15) is 0 Å². The summed E-state index contributed by atoms with van der Waals surface area (Å²) in [7, 11) is -0.0676. The van der Waals surface area contributed by atoms with Crippen molar-refractivity contribution in [2.24, 2.45) is 7.05 Å². The average Bonchev–Trinajstić information content (AvgIpc) is 2.84. The summed E-state index contributed by atoms with van der Waals surface area (Å²) < 4.78 is 28.4. The first-order valence-corrected chi connectivity index (χ1v) is 7.47. The van der Waals surface area contributed by atoms with Crippen LogP contribution in [0.4, 0.5) is 5.95 Å². The van der Waals surface area contributed by atoms with Gasteiger partial charge in [-0.05, 0) is 0 Å². The van der Waals surface area contributed by atoms with Gasteiger partial charge in [0.25, 0.3) is 0 Å². The highest BCUT2D eigenvalue weighted by molar-refractivity contribution is 7.89. The van der Waals surface area contributed by atoms with E-state index in [9.17, 15) is 8.42 Å². The Bertz CT molecular complexity index is 664. The zero-order valence-corrected chi connectivity index (χ0v) is 12.1. The van der Waals surface area contributed by atoms with Gasteiger partial charge in [0.2, 0.25) is 16.0 Å². The highest BCUT2D eigenvalue weighted by Crippen LogP contribution is 2.07. The molecule has 108 valence electrons. The van der Waals surface area contributed by atoms with E-state index in [1.807, 2.05) is 17.8 Å². The van der Waals surface area contributed by atoms with E-state index in [4.69, 9.17) is 0 Å². The molecule has 20 heavy (non-hydrogen) atoms. The molecule has 2 rings (SSSR count). The summed E-state index contributed by atoms with van der Waals surface area (Å²) in [6.07, 6.45) is 6.53. The van der Waals surface area contributed by atoms with Crippen LogP contribution in [-0.4, -0.2) is 41.5 Å². The molecule has 0 aliphatic carbocycles. The van der Waals surface area contributed by atoms with E-state index in [2.05, 4.69) is 25.0 Å². The van der Waals surface area contributed by atoms with Crippen molar-refractivity contribution in [3.63, 3.8) is 0 Å². The Hall–Kier alpha value is -2.00. The number of hydrogen-bond donors (Lipinski definition) is 2. The molecule has 2 N–H and O–H groups in total. The Balaban J connectivity index is 1.98. The molecule has 0 bridgehead atoms. The van der Waals surface area contributed by atoms with Gasteiger partial charge < -0.3 is 9.88 Å². The third-order valence-electron chi connectivity index (χ3n) is 2.72. The third kappa shape index (κ3) is 3.31. The molecule has 0 atom stereocenters. The number of nitrogens with zero attached hydrogens (tertiary/aromatic N) is 4. The number of sulfonamides is 1. The Kier molecular flexibility index (Phi) is 4.30. The van der Waals surface area contributed by atoms with Crippen molar-refractivity contribution in [1.82, 2.24) is 24.2 Å². The van der Waals surface area contributed by atoms with Crippen LogP contribution in [0, 0.1) is 0 Å². The van der Waals surface area contributed by atoms with Gasteiger partial charge in [-0.25, -0.2) is 28.1 Å². The quantitative estimate of drug-likeness (QED) is 0.763. The van der Waals surface area contributed by atoms with Crippen LogP contribution in [0.15, 0.2) is 29.7 Å². The van der Waals surface area contributed by atoms with Crippen LogP contribution in [0.3, 0.4) is 0 Å². The summed E-state index contributed by atoms with van der Waals surface area (Å²) in [6, 6.07) is 0. The largest absolute Gasteiger partial charge is 0.357 e. The molecule has 2 aromatic heterocycles. The van der Waals surface area contributed by atoms with E-state index in [-0.39, 0.29) is 11.4 Å². The lowest BCUT2D eigenvalue weighted by Crippen LogP contribution is -2.27. The standard InChI is InChI=1S/C11H16N6O2S/c1-12-11-14-7-9(8-15-11)20(18,19)16-4-3-10-13-5-6-17(10)2/h5-8,16H,3-4H2,1-2H3,(H,12,14,15). The lowest BCUT2D eigenvalue weighted by atomic mass is 10.4. The molecule has 0 unspecified atom stereocenters. The van der Waals surface area contributed by atoms with Crippen molar-refractivity contribution in [3.8, 4) is 0 Å². The second kappa shape index (κ2) is 5.97. The zero-order valence-electron chi connectivity index (χ0n) is 11.2. The predicted molar refractivity (Wildman–Crippen MR) is 73.7 cm³/mol. The first kappa shape index (κ1) is 14.4. The van der Waals surface area contributed by atoms with Crippen LogP contribution >= 0.6 is 0 Å². The van der Waals surface area contributed by atoms with Crippen LogP contribution in [0.1, 0.15) is 5.82 Å². The van der Waals surface area contributed by atoms with Gasteiger partial charge in [-0.15, -0.1) is 0 Å². The van der Waals surface area contributed by atoms with Crippen molar-refractivity contribution in [1.29, 1.82) is 0 Å². The summed E-state index contributed by atoms with van der Waals surface area (Å²) in [5.74, 6) is 1.19. The van der Waals surface area contributed by atoms with Gasteiger partial charge in [0.15, 0.2) is 0 Å². The number of rotatable bonds is 6. The van der Waals surface area contributed by atoms with Crippen LogP contribution in [0.5, 0.6) is 0 Å². The van der Waals surface area contributed by atoms with Gasteiger partial charge in [-0.1, -0.05) is 0 Å². The minimum absolute atomic E-state index is 0.0383. The number of aromatic nitrogens is 4. The molecule has 0 saturated carbocycles. The molecule has 0 aliphatic rings. The summed E-state index contributed by atoms with van der Waals surface area (Å²) in [4.78, 5) is 11.9. The maximum atomic E-state index is 12.0. The fourth-order valence-electron chi connectivity index (χ4n) is 1.60. The molecule has 0 aliphatic heterocycles. The minimum atomic E-state index is -3.59. The number of nitrogens with one attached hydrogen (secondary N) is 2. The Morgan fingerprint density at radius 3 is 2.50 bits per heavy atom. The van der Waals surface area contributed by atoms with Gasteiger partial charge in [0, 0.05) is 39.5 Å². The highest BCUT2D eigenvalue weighted by Gasteiger charge is 2.14. The Morgan fingerprint density at radius 1 is 1.25 bits per heavy atom. The molecule has 2 aromatic rings. The molecular weight excluding hydrogens is 280 g/mol. The fourth-order valence-corrected chi connectivity index (χ4v) is 2.52. The highest BCUT2D eigenvalue weighted by atomic mass is 32.2. The number of anilines is 1. The van der Waals surface area contributed by atoms with Crippen LogP contribution in [0.2, 0.25) is 0 Å². The summed E-state index contributed by atoms with van der Waals surface area (Å²) >= 11 is 0. The van der Waals surface area contributed by atoms with E-state index in [0.29, 0.717) is 12.4 Å². The third-order valence-corrected chi connectivity index (χ3v) is 4.14. The van der Waals surface area contributed by atoms with Crippen molar-refractivity contribution in [2.75, 3.05) is 18.9 Å². The van der Waals surface area contributed by atoms with Gasteiger partial charge in [0.05, 0.1) is 12.4 Å². The monoisotopic (exact) mass is 296 g/mol. The first-order chi connectivity index (χ1) is 9.53. The molecule has 9 heteroatoms. The van der Waals surface area contributed by atoms with E-state index in [0.717, 1.165) is 5.82 Å². The van der Waals surface area contributed by atoms with Crippen LogP contribution in [-0.2, 0) is 23.5 Å². The van der Waals surface area contributed by atoms with E-state index in [1.165, 1.54) is 12.4 Å². The number of imidazole rings is 1. The number of aryl methyl sites for hydroxylation is 1. The molecule has 0 fully saturated rings. The normalized spacial score (nSPS) is 11.5. The summed E-state index contributed by atoms with van der Waals surface area (Å²) in [5.41, 5.74) is 0. The first-order valence-electron chi connectivity index (χ1n) is 5.98. The molecule has 2 heterocycles. The van der Waals surface area contributed by atoms with Gasteiger partial charge >= 0.3 is 0 Å². The number of hydrogen-bond acceptors (Lipinski definition) is 6. The molecule has 8 nitrogen and oxygen atoms in total. The smallest absolute Gasteiger partial charge is 0.243 e. The maximum absolute atomic E-state index is 12.0. The maximum Gasteiger partial charge on any atom is 0.243 e. The van der Waals surface area contributed by atoms with Crippen molar-refractivity contribution in [3.05, 3.63) is 30.6 Å². The SMILES string of the molecule is CNc1ncc(S(=O)(=O)NCCc2nccn2C)cn1. The second-order valence-electron chi connectivity index (χ2n) is 4.09. The summed E-state index contributed by atoms with van der Waals surface area (Å²) in [5, 5.41) is 2.73. The minimum Gasteiger partial charge on any atom is -0.357 e. The molecule has 0 saturated heterocycles. The van der Waals surface area contributed by atoms with Gasteiger partial charge in [0.1, 0.15) is 10.7 Å². The predicted octanol–water partition coefficient (Wildman–Crippen LogP) is -0.227. The molecule has 0 amide bonds.